The Morgan fingerprint density at radius 3 is 2.59 bits per heavy atom. The van der Waals surface area contributed by atoms with Gasteiger partial charge in [0.1, 0.15) is 17.5 Å². The normalized spacial score (nSPS) is 12.0. The zero-order valence-corrected chi connectivity index (χ0v) is 15.9. The van der Waals surface area contributed by atoms with Crippen molar-refractivity contribution in [1.29, 1.82) is 0 Å². The van der Waals surface area contributed by atoms with E-state index >= 15 is 0 Å². The van der Waals surface area contributed by atoms with Crippen LogP contribution < -0.4 is 4.72 Å². The van der Waals surface area contributed by atoms with Crippen LogP contribution in [0, 0.1) is 0 Å². The number of nitrogens with zero attached hydrogens (tertiary/aromatic N) is 4. The van der Waals surface area contributed by atoms with Gasteiger partial charge in [-0.05, 0) is 46.3 Å². The van der Waals surface area contributed by atoms with E-state index < -0.39 is 10.0 Å². The maximum atomic E-state index is 12.7. The molecule has 0 aliphatic carbocycles. The van der Waals surface area contributed by atoms with E-state index in [0.717, 1.165) is 22.0 Å². The second-order valence-electron chi connectivity index (χ2n) is 6.51. The molecule has 2 aromatic heterocycles. The first-order chi connectivity index (χ1) is 14.1. The summed E-state index contributed by atoms with van der Waals surface area (Å²) in [6.45, 7) is 0.225. The summed E-state index contributed by atoms with van der Waals surface area (Å²) in [4.78, 5) is 0.188. The van der Waals surface area contributed by atoms with Gasteiger partial charge in [0.05, 0.1) is 10.6 Å². The summed E-state index contributed by atoms with van der Waals surface area (Å²) >= 11 is 0. The number of furan rings is 1. The first-order valence-corrected chi connectivity index (χ1v) is 10.3. The molecule has 8 nitrogen and oxygen atoms in total. The van der Waals surface area contributed by atoms with Gasteiger partial charge < -0.3 is 4.42 Å². The van der Waals surface area contributed by atoms with Gasteiger partial charge in [-0.2, -0.15) is 0 Å². The standard InChI is InChI=1S/C20H15N5O3S/c26-29(27,22-12-14-4-2-1-3-5-14)16-7-9-19-18(11-16)17-8-6-15(10-20(17)28-19)25-13-21-23-24-25/h1-11,13,22H,12H2. The van der Waals surface area contributed by atoms with Crippen LogP contribution in [0.15, 0.2) is 82.4 Å². The number of aromatic nitrogens is 4. The Kier molecular flexibility index (Phi) is 4.11. The molecule has 9 heteroatoms. The van der Waals surface area contributed by atoms with Gasteiger partial charge in [0.25, 0.3) is 0 Å². The summed E-state index contributed by atoms with van der Waals surface area (Å²) in [6.07, 6.45) is 1.49. The van der Waals surface area contributed by atoms with Crippen LogP contribution in [0.1, 0.15) is 5.56 Å². The highest BCUT2D eigenvalue weighted by atomic mass is 32.2. The van der Waals surface area contributed by atoms with Gasteiger partial charge in [-0.3, -0.25) is 0 Å². The lowest BCUT2D eigenvalue weighted by Gasteiger charge is -2.07. The topological polar surface area (TPSA) is 103 Å². The van der Waals surface area contributed by atoms with Crippen LogP contribution in [0.25, 0.3) is 27.6 Å². The molecule has 0 amide bonds. The maximum Gasteiger partial charge on any atom is 0.240 e. The van der Waals surface area contributed by atoms with Crippen molar-refractivity contribution < 1.29 is 12.8 Å². The number of hydrogen-bond acceptors (Lipinski definition) is 6. The van der Waals surface area contributed by atoms with Crippen molar-refractivity contribution in [2.75, 3.05) is 0 Å². The fourth-order valence-corrected chi connectivity index (χ4v) is 4.24. The van der Waals surface area contributed by atoms with E-state index in [1.807, 2.05) is 48.5 Å². The minimum atomic E-state index is -3.66. The van der Waals surface area contributed by atoms with E-state index in [1.165, 1.54) is 11.0 Å². The van der Waals surface area contributed by atoms with E-state index in [9.17, 15) is 8.42 Å². The first kappa shape index (κ1) is 17.5. The molecule has 5 rings (SSSR count). The van der Waals surface area contributed by atoms with Crippen LogP contribution in [-0.2, 0) is 16.6 Å². The quantitative estimate of drug-likeness (QED) is 0.482. The predicted octanol–water partition coefficient (Wildman–Crippen LogP) is 3.04. The molecule has 0 fully saturated rings. The lowest BCUT2D eigenvalue weighted by molar-refractivity contribution is 0.581. The van der Waals surface area contributed by atoms with Crippen molar-refractivity contribution in [2.45, 2.75) is 11.4 Å². The minimum absolute atomic E-state index is 0.188. The van der Waals surface area contributed by atoms with E-state index in [2.05, 4.69) is 20.2 Å². The Morgan fingerprint density at radius 2 is 1.79 bits per heavy atom. The van der Waals surface area contributed by atoms with Gasteiger partial charge in [-0.25, -0.2) is 17.8 Å². The minimum Gasteiger partial charge on any atom is -0.456 e. The Bertz CT molecular complexity index is 1410. The van der Waals surface area contributed by atoms with Gasteiger partial charge in [0.2, 0.25) is 10.0 Å². The van der Waals surface area contributed by atoms with Crippen molar-refractivity contribution >= 4 is 32.0 Å². The van der Waals surface area contributed by atoms with Crippen LogP contribution in [0.2, 0.25) is 0 Å². The molecule has 0 radical (unpaired) electrons. The highest BCUT2D eigenvalue weighted by Gasteiger charge is 2.17. The van der Waals surface area contributed by atoms with Crippen LogP contribution in [0.3, 0.4) is 0 Å². The molecule has 3 aromatic carbocycles. The molecule has 2 heterocycles. The van der Waals surface area contributed by atoms with Crippen molar-refractivity contribution in [3.8, 4) is 5.69 Å². The van der Waals surface area contributed by atoms with E-state index in [4.69, 9.17) is 4.42 Å². The molecule has 0 spiro atoms. The zero-order valence-electron chi connectivity index (χ0n) is 15.1. The number of hydrogen-bond donors (Lipinski definition) is 1. The average molecular weight is 405 g/mol. The van der Waals surface area contributed by atoms with Crippen molar-refractivity contribution in [3.05, 3.63) is 78.6 Å². The summed E-state index contributed by atoms with van der Waals surface area (Å²) in [5.41, 5.74) is 2.87. The van der Waals surface area contributed by atoms with Gasteiger partial charge in [-0.15, -0.1) is 5.10 Å². The summed E-state index contributed by atoms with van der Waals surface area (Å²) in [6, 6.07) is 19.8. The van der Waals surface area contributed by atoms with Gasteiger partial charge in [0.15, 0.2) is 0 Å². The van der Waals surface area contributed by atoms with Gasteiger partial charge in [0, 0.05) is 23.4 Å². The number of nitrogens with one attached hydrogen (secondary N) is 1. The number of tetrazole rings is 1. The largest absolute Gasteiger partial charge is 0.456 e. The molecule has 0 bridgehead atoms. The Labute approximate surface area is 165 Å². The molecule has 0 atom stereocenters. The zero-order chi connectivity index (χ0) is 19.8. The molecular weight excluding hydrogens is 390 g/mol. The van der Waals surface area contributed by atoms with Gasteiger partial charge in [-0.1, -0.05) is 30.3 Å². The molecule has 0 unspecified atom stereocenters. The number of fused-ring (bicyclic) bond motifs is 3. The second-order valence-corrected chi connectivity index (χ2v) is 8.27. The van der Waals surface area contributed by atoms with E-state index in [0.29, 0.717) is 11.2 Å². The molecule has 29 heavy (non-hydrogen) atoms. The van der Waals surface area contributed by atoms with Gasteiger partial charge >= 0.3 is 0 Å². The van der Waals surface area contributed by atoms with Crippen LogP contribution >= 0.6 is 0 Å². The smallest absolute Gasteiger partial charge is 0.240 e. The maximum absolute atomic E-state index is 12.7. The third kappa shape index (κ3) is 3.26. The third-order valence-electron chi connectivity index (χ3n) is 4.66. The first-order valence-electron chi connectivity index (χ1n) is 8.83. The molecule has 1 N–H and O–H groups in total. The fourth-order valence-electron chi connectivity index (χ4n) is 3.19. The molecule has 144 valence electrons. The van der Waals surface area contributed by atoms with Crippen molar-refractivity contribution in [2.24, 2.45) is 0 Å². The van der Waals surface area contributed by atoms with Crippen molar-refractivity contribution in [1.82, 2.24) is 24.9 Å². The number of benzene rings is 3. The van der Waals surface area contributed by atoms with Crippen molar-refractivity contribution in [3.63, 3.8) is 0 Å². The van der Waals surface area contributed by atoms with Crippen LogP contribution in [0.5, 0.6) is 0 Å². The summed E-state index contributed by atoms with van der Waals surface area (Å²) in [5.74, 6) is 0. The average Bonchev–Trinajstić information content (AvgIpc) is 3.40. The van der Waals surface area contributed by atoms with E-state index in [-0.39, 0.29) is 11.4 Å². The van der Waals surface area contributed by atoms with E-state index in [1.54, 1.807) is 18.2 Å². The number of rotatable bonds is 5. The highest BCUT2D eigenvalue weighted by Crippen LogP contribution is 2.31. The van der Waals surface area contributed by atoms with Crippen LogP contribution in [0.4, 0.5) is 0 Å². The summed E-state index contributed by atoms with van der Waals surface area (Å²) in [7, 11) is -3.66. The Morgan fingerprint density at radius 1 is 0.931 bits per heavy atom. The Balaban J connectivity index is 1.51. The third-order valence-corrected chi connectivity index (χ3v) is 6.06. The number of sulfonamides is 1. The summed E-state index contributed by atoms with van der Waals surface area (Å²) in [5, 5.41) is 12.7. The highest BCUT2D eigenvalue weighted by molar-refractivity contribution is 7.89. The summed E-state index contributed by atoms with van der Waals surface area (Å²) < 4.78 is 35.6. The molecule has 0 aliphatic rings. The monoisotopic (exact) mass is 405 g/mol. The SMILES string of the molecule is O=S(=O)(NCc1ccccc1)c1ccc2oc3cc(-n4cnnn4)ccc3c2c1. The second kappa shape index (κ2) is 6.80. The van der Waals surface area contributed by atoms with Crippen LogP contribution in [-0.4, -0.2) is 28.6 Å². The molecular formula is C20H15N5O3S. The fraction of sp³-hybridized carbons (Fsp3) is 0.0500. The molecule has 0 aliphatic heterocycles. The lowest BCUT2D eigenvalue weighted by atomic mass is 10.1. The Hall–Kier alpha value is -3.56. The predicted molar refractivity (Wildman–Crippen MR) is 107 cm³/mol. The molecule has 0 saturated carbocycles. The molecule has 0 saturated heterocycles. The lowest BCUT2D eigenvalue weighted by Crippen LogP contribution is -2.23. The molecule has 5 aromatic rings.